The molecule has 3 rings (SSSR count). The molecule has 1 aliphatic heterocycles. The molecule has 0 saturated carbocycles. The molecule has 0 aromatic carbocycles. The van der Waals surface area contributed by atoms with Crippen molar-refractivity contribution in [2.45, 2.75) is 12.3 Å². The van der Waals surface area contributed by atoms with Crippen LogP contribution in [0.3, 0.4) is 0 Å². The van der Waals surface area contributed by atoms with E-state index in [-0.39, 0.29) is 18.4 Å². The van der Waals surface area contributed by atoms with Crippen molar-refractivity contribution in [1.29, 1.82) is 0 Å². The molecule has 0 aliphatic carbocycles. The molecule has 0 amide bonds. The quantitative estimate of drug-likeness (QED) is 0.810. The van der Waals surface area contributed by atoms with Crippen LogP contribution in [0.4, 0.5) is 18.9 Å². The van der Waals surface area contributed by atoms with Gasteiger partial charge in [-0.05, 0) is 23.7 Å². The van der Waals surface area contributed by atoms with E-state index in [1.54, 1.807) is 23.2 Å². The smallest absolute Gasteiger partial charge is 0.365 e. The first-order chi connectivity index (χ1) is 9.43. The van der Waals surface area contributed by atoms with E-state index in [0.717, 1.165) is 0 Å². The Bertz CT molecular complexity index is 630. The summed E-state index contributed by atoms with van der Waals surface area (Å²) in [5.74, 6) is 0. The number of hydrogen-bond donors (Lipinski definition) is 0. The molecule has 1 saturated heterocycles. The third-order valence-electron chi connectivity index (χ3n) is 3.09. The van der Waals surface area contributed by atoms with Gasteiger partial charge < -0.3 is 9.64 Å². The summed E-state index contributed by atoms with van der Waals surface area (Å²) in [6.45, 7) is 0.179. The van der Waals surface area contributed by atoms with Crippen molar-refractivity contribution in [2.75, 3.05) is 24.6 Å². The minimum absolute atomic E-state index is 0.0281. The number of aromatic nitrogens is 3. The highest BCUT2D eigenvalue weighted by Crippen LogP contribution is 2.28. The van der Waals surface area contributed by atoms with Crippen LogP contribution < -0.4 is 4.90 Å². The second-order valence-electron chi connectivity index (χ2n) is 4.42. The number of pyridine rings is 1. The van der Waals surface area contributed by atoms with Gasteiger partial charge in [-0.25, -0.2) is 4.52 Å². The second kappa shape index (κ2) is 4.78. The number of anilines is 1. The van der Waals surface area contributed by atoms with Crippen molar-refractivity contribution >= 4 is 22.9 Å². The van der Waals surface area contributed by atoms with Gasteiger partial charge in [-0.15, -0.1) is 5.10 Å². The van der Waals surface area contributed by atoms with E-state index in [0.29, 0.717) is 17.9 Å². The summed E-state index contributed by atoms with van der Waals surface area (Å²) in [5, 5.41) is 4.02. The Balaban J connectivity index is 1.86. The predicted molar refractivity (Wildman–Crippen MR) is 66.0 cm³/mol. The van der Waals surface area contributed by atoms with Crippen LogP contribution in [0.1, 0.15) is 0 Å². The van der Waals surface area contributed by atoms with E-state index in [1.165, 1.54) is 4.52 Å². The zero-order chi connectivity index (χ0) is 14.3. The summed E-state index contributed by atoms with van der Waals surface area (Å²) < 4.78 is 44.3. The molecule has 1 atom stereocenters. The average Bonchev–Trinajstić information content (AvgIpc) is 2.77. The Morgan fingerprint density at radius 2 is 2.15 bits per heavy atom. The fourth-order valence-electron chi connectivity index (χ4n) is 2.11. The lowest BCUT2D eigenvalue weighted by Crippen LogP contribution is -2.49. The third kappa shape index (κ3) is 2.53. The molecule has 0 spiro atoms. The minimum Gasteiger partial charge on any atom is -0.365 e. The Morgan fingerprint density at radius 1 is 1.35 bits per heavy atom. The Kier molecular flexibility index (Phi) is 3.21. The number of halogens is 4. The molecule has 0 unspecified atom stereocenters. The summed E-state index contributed by atoms with van der Waals surface area (Å²) in [7, 11) is 0. The molecule has 108 valence electrons. The third-order valence-corrected chi connectivity index (χ3v) is 3.25. The molecule has 0 N–H and O–H groups in total. The number of fused-ring (bicyclic) bond motifs is 1. The van der Waals surface area contributed by atoms with E-state index in [1.807, 2.05) is 0 Å². The standard InChI is InChI=1S/C11H10ClF3N4O/c12-10-16-9-2-1-7(5-19(9)17-10)18-3-4-20-8(6-18)11(13,14)15/h1-2,5,8H,3-4,6H2/t8-/m1/s1. The Morgan fingerprint density at radius 3 is 2.90 bits per heavy atom. The number of rotatable bonds is 1. The van der Waals surface area contributed by atoms with Crippen LogP contribution >= 0.6 is 11.6 Å². The molecule has 0 bridgehead atoms. The molecule has 9 heteroatoms. The lowest BCUT2D eigenvalue weighted by molar-refractivity contribution is -0.221. The van der Waals surface area contributed by atoms with Gasteiger partial charge in [0.25, 0.3) is 0 Å². The van der Waals surface area contributed by atoms with Crippen LogP contribution in [0, 0.1) is 0 Å². The van der Waals surface area contributed by atoms with Crippen molar-refractivity contribution in [3.63, 3.8) is 0 Å². The number of alkyl halides is 3. The summed E-state index contributed by atoms with van der Waals surface area (Å²) in [5.41, 5.74) is 1.16. The zero-order valence-electron chi connectivity index (χ0n) is 10.1. The van der Waals surface area contributed by atoms with Crippen LogP contribution in [0.15, 0.2) is 18.3 Å². The van der Waals surface area contributed by atoms with Crippen LogP contribution in [0.5, 0.6) is 0 Å². The van der Waals surface area contributed by atoms with E-state index >= 15 is 0 Å². The van der Waals surface area contributed by atoms with Gasteiger partial charge in [0.05, 0.1) is 25.0 Å². The van der Waals surface area contributed by atoms with E-state index in [2.05, 4.69) is 10.1 Å². The topological polar surface area (TPSA) is 42.7 Å². The van der Waals surface area contributed by atoms with Gasteiger partial charge in [-0.3, -0.25) is 0 Å². The molecule has 5 nitrogen and oxygen atoms in total. The number of nitrogens with zero attached hydrogens (tertiary/aromatic N) is 4. The second-order valence-corrected chi connectivity index (χ2v) is 4.76. The monoisotopic (exact) mass is 306 g/mol. The summed E-state index contributed by atoms with van der Waals surface area (Å²) >= 11 is 5.68. The minimum atomic E-state index is -4.36. The number of hydrogen-bond acceptors (Lipinski definition) is 4. The van der Waals surface area contributed by atoms with Crippen molar-refractivity contribution in [2.24, 2.45) is 0 Å². The fraction of sp³-hybridized carbons (Fsp3) is 0.455. The Hall–Kier alpha value is -1.54. The van der Waals surface area contributed by atoms with Gasteiger partial charge >= 0.3 is 6.18 Å². The molecular formula is C11H10ClF3N4O. The van der Waals surface area contributed by atoms with Gasteiger partial charge in [-0.2, -0.15) is 18.2 Å². The van der Waals surface area contributed by atoms with Crippen LogP contribution in [0.25, 0.3) is 5.65 Å². The molecule has 2 aromatic heterocycles. The highest BCUT2D eigenvalue weighted by atomic mass is 35.5. The summed E-state index contributed by atoms with van der Waals surface area (Å²) in [4.78, 5) is 5.56. The molecule has 1 aliphatic rings. The maximum Gasteiger partial charge on any atom is 0.416 e. The largest absolute Gasteiger partial charge is 0.416 e. The normalized spacial score (nSPS) is 20.6. The maximum atomic E-state index is 12.7. The van der Waals surface area contributed by atoms with Gasteiger partial charge in [0, 0.05) is 6.54 Å². The van der Waals surface area contributed by atoms with Gasteiger partial charge in [0.15, 0.2) is 11.8 Å². The van der Waals surface area contributed by atoms with Crippen molar-refractivity contribution in [1.82, 2.24) is 14.6 Å². The average molecular weight is 307 g/mol. The number of morpholine rings is 1. The van der Waals surface area contributed by atoms with E-state index in [4.69, 9.17) is 16.3 Å². The van der Waals surface area contributed by atoms with E-state index in [9.17, 15) is 13.2 Å². The predicted octanol–water partition coefficient (Wildman–Crippen LogP) is 2.15. The number of ether oxygens (including phenoxy) is 1. The highest BCUT2D eigenvalue weighted by molar-refractivity contribution is 6.28. The van der Waals surface area contributed by atoms with Gasteiger partial charge in [0.1, 0.15) is 0 Å². The molecule has 3 heterocycles. The zero-order valence-corrected chi connectivity index (χ0v) is 10.9. The lowest BCUT2D eigenvalue weighted by atomic mass is 10.2. The maximum absolute atomic E-state index is 12.7. The van der Waals surface area contributed by atoms with Crippen LogP contribution in [0.2, 0.25) is 5.28 Å². The Labute approximate surface area is 116 Å². The first kappa shape index (κ1) is 13.4. The molecule has 2 aromatic rings. The summed E-state index contributed by atoms with van der Waals surface area (Å²) in [6.07, 6.45) is -4.53. The first-order valence-electron chi connectivity index (χ1n) is 5.89. The van der Waals surface area contributed by atoms with Crippen LogP contribution in [-0.4, -0.2) is 46.6 Å². The van der Waals surface area contributed by atoms with Crippen LogP contribution in [-0.2, 0) is 4.74 Å². The first-order valence-corrected chi connectivity index (χ1v) is 6.26. The molecule has 1 fully saturated rings. The van der Waals surface area contributed by atoms with Gasteiger partial charge in [-0.1, -0.05) is 0 Å². The molecular weight excluding hydrogens is 297 g/mol. The SMILES string of the molecule is FC(F)(F)[C@H]1CN(c2ccc3nc(Cl)nn3c2)CCO1. The highest BCUT2D eigenvalue weighted by Gasteiger charge is 2.43. The fourth-order valence-corrected chi connectivity index (χ4v) is 2.28. The summed E-state index contributed by atoms with van der Waals surface area (Å²) in [6, 6.07) is 3.35. The van der Waals surface area contributed by atoms with Crippen molar-refractivity contribution < 1.29 is 17.9 Å². The van der Waals surface area contributed by atoms with E-state index < -0.39 is 12.3 Å². The van der Waals surface area contributed by atoms with Crippen molar-refractivity contribution in [3.8, 4) is 0 Å². The molecule has 0 radical (unpaired) electrons. The molecule has 20 heavy (non-hydrogen) atoms. The lowest BCUT2D eigenvalue weighted by Gasteiger charge is -2.35. The van der Waals surface area contributed by atoms with Gasteiger partial charge in [0.2, 0.25) is 5.28 Å². The van der Waals surface area contributed by atoms with Crippen molar-refractivity contribution in [3.05, 3.63) is 23.6 Å².